The summed E-state index contributed by atoms with van der Waals surface area (Å²) in [4.78, 5) is 39.6. The van der Waals surface area contributed by atoms with E-state index in [0.29, 0.717) is 25.9 Å². The predicted octanol–water partition coefficient (Wildman–Crippen LogP) is 1.17. The molecule has 0 radical (unpaired) electrons. The molecule has 4 N–H and O–H groups in total. The zero-order chi connectivity index (χ0) is 20.7. The second kappa shape index (κ2) is 10.2. The van der Waals surface area contributed by atoms with Crippen LogP contribution in [-0.4, -0.2) is 47.3 Å². The summed E-state index contributed by atoms with van der Waals surface area (Å²) in [6.07, 6.45) is 1.89. The molecule has 2 rings (SSSR count). The number of hydrogen-bond acceptors (Lipinski definition) is 4. The minimum Gasteiger partial charge on any atom is -0.350 e. The molecule has 3 atom stereocenters. The highest BCUT2D eigenvalue weighted by Gasteiger charge is 2.38. The molecule has 1 aliphatic rings. The number of hydrogen-bond donors (Lipinski definition) is 3. The van der Waals surface area contributed by atoms with Crippen LogP contribution in [-0.2, 0) is 20.9 Å². The van der Waals surface area contributed by atoms with E-state index in [1.165, 1.54) is 0 Å². The second-order valence-electron chi connectivity index (χ2n) is 7.64. The molecule has 0 spiro atoms. The maximum Gasteiger partial charge on any atom is 0.246 e. The smallest absolute Gasteiger partial charge is 0.246 e. The van der Waals surface area contributed by atoms with Crippen LogP contribution in [0.1, 0.15) is 45.6 Å². The van der Waals surface area contributed by atoms with E-state index in [0.717, 1.165) is 12.0 Å². The lowest BCUT2D eigenvalue weighted by atomic mass is 10.0. The SMILES string of the molecule is CCC(N)C(=O)NC(C(=O)N1CCCC1C(=O)NCc1ccccc1)C(C)C. The van der Waals surface area contributed by atoms with Gasteiger partial charge in [0, 0.05) is 13.1 Å². The fourth-order valence-corrected chi connectivity index (χ4v) is 3.34. The van der Waals surface area contributed by atoms with E-state index in [9.17, 15) is 14.4 Å². The van der Waals surface area contributed by atoms with Crippen molar-refractivity contribution in [3.05, 3.63) is 35.9 Å². The first kappa shape index (κ1) is 21.9. The van der Waals surface area contributed by atoms with E-state index >= 15 is 0 Å². The van der Waals surface area contributed by atoms with E-state index in [1.807, 2.05) is 51.1 Å². The monoisotopic (exact) mass is 388 g/mol. The molecule has 1 aromatic rings. The number of likely N-dealkylation sites (tertiary alicyclic amines) is 1. The molecule has 0 bridgehead atoms. The van der Waals surface area contributed by atoms with Gasteiger partial charge in [-0.15, -0.1) is 0 Å². The highest BCUT2D eigenvalue weighted by Crippen LogP contribution is 2.20. The average molecular weight is 389 g/mol. The Morgan fingerprint density at radius 3 is 2.50 bits per heavy atom. The number of nitrogens with two attached hydrogens (primary N) is 1. The Balaban J connectivity index is 2.02. The Labute approximate surface area is 167 Å². The molecule has 7 nitrogen and oxygen atoms in total. The fourth-order valence-electron chi connectivity index (χ4n) is 3.34. The number of amides is 3. The summed E-state index contributed by atoms with van der Waals surface area (Å²) in [5, 5.41) is 5.70. The second-order valence-corrected chi connectivity index (χ2v) is 7.64. The van der Waals surface area contributed by atoms with Crippen molar-refractivity contribution in [2.45, 2.75) is 64.7 Å². The molecule has 7 heteroatoms. The van der Waals surface area contributed by atoms with Crippen molar-refractivity contribution in [3.63, 3.8) is 0 Å². The van der Waals surface area contributed by atoms with Gasteiger partial charge in [0.1, 0.15) is 12.1 Å². The van der Waals surface area contributed by atoms with Crippen LogP contribution in [0.25, 0.3) is 0 Å². The summed E-state index contributed by atoms with van der Waals surface area (Å²) in [5.41, 5.74) is 6.79. The Hall–Kier alpha value is -2.41. The van der Waals surface area contributed by atoms with Crippen LogP contribution in [0, 0.1) is 5.92 Å². The van der Waals surface area contributed by atoms with Gasteiger partial charge in [-0.05, 0) is 30.7 Å². The Bertz CT molecular complexity index is 677. The van der Waals surface area contributed by atoms with Gasteiger partial charge in [0.05, 0.1) is 6.04 Å². The number of nitrogens with one attached hydrogen (secondary N) is 2. The third-order valence-electron chi connectivity index (χ3n) is 5.16. The normalized spacial score (nSPS) is 18.6. The molecule has 3 amide bonds. The van der Waals surface area contributed by atoms with E-state index < -0.39 is 18.1 Å². The summed E-state index contributed by atoms with van der Waals surface area (Å²) < 4.78 is 0. The van der Waals surface area contributed by atoms with E-state index in [-0.39, 0.29) is 23.6 Å². The molecule has 28 heavy (non-hydrogen) atoms. The summed E-state index contributed by atoms with van der Waals surface area (Å²) in [5.74, 6) is -0.814. The average Bonchev–Trinajstić information content (AvgIpc) is 3.19. The minimum absolute atomic E-state index is 0.103. The van der Waals surface area contributed by atoms with Gasteiger partial charge in [0.25, 0.3) is 0 Å². The van der Waals surface area contributed by atoms with Crippen molar-refractivity contribution in [1.82, 2.24) is 15.5 Å². The Morgan fingerprint density at radius 2 is 1.89 bits per heavy atom. The van der Waals surface area contributed by atoms with Crippen LogP contribution in [0.15, 0.2) is 30.3 Å². The first-order chi connectivity index (χ1) is 13.3. The van der Waals surface area contributed by atoms with Gasteiger partial charge >= 0.3 is 0 Å². The third kappa shape index (κ3) is 5.55. The third-order valence-corrected chi connectivity index (χ3v) is 5.16. The lowest BCUT2D eigenvalue weighted by Crippen LogP contribution is -2.57. The lowest BCUT2D eigenvalue weighted by molar-refractivity contribution is -0.142. The number of carbonyl (C=O) groups excluding carboxylic acids is 3. The Kier molecular flexibility index (Phi) is 7.99. The van der Waals surface area contributed by atoms with Gasteiger partial charge in [-0.25, -0.2) is 0 Å². The minimum atomic E-state index is -0.687. The molecule has 154 valence electrons. The maximum absolute atomic E-state index is 13.1. The maximum atomic E-state index is 13.1. The van der Waals surface area contributed by atoms with Gasteiger partial charge < -0.3 is 21.3 Å². The van der Waals surface area contributed by atoms with E-state index in [4.69, 9.17) is 5.73 Å². The van der Waals surface area contributed by atoms with Gasteiger partial charge in [-0.2, -0.15) is 0 Å². The van der Waals surface area contributed by atoms with Crippen LogP contribution in [0.5, 0.6) is 0 Å². The summed E-state index contributed by atoms with van der Waals surface area (Å²) >= 11 is 0. The summed E-state index contributed by atoms with van der Waals surface area (Å²) in [6, 6.07) is 7.82. The molecule has 0 aromatic heterocycles. The number of benzene rings is 1. The van der Waals surface area contributed by atoms with Crippen molar-refractivity contribution in [3.8, 4) is 0 Å². The van der Waals surface area contributed by atoms with Crippen molar-refractivity contribution < 1.29 is 14.4 Å². The van der Waals surface area contributed by atoms with Crippen molar-refractivity contribution in [1.29, 1.82) is 0 Å². The zero-order valence-electron chi connectivity index (χ0n) is 17.0. The molecule has 1 aromatic carbocycles. The number of carbonyl (C=O) groups is 3. The summed E-state index contributed by atoms with van der Waals surface area (Å²) in [6.45, 7) is 6.51. The first-order valence-electron chi connectivity index (χ1n) is 10.0. The van der Waals surface area contributed by atoms with Crippen molar-refractivity contribution in [2.24, 2.45) is 11.7 Å². The van der Waals surface area contributed by atoms with Gasteiger partial charge in [0.15, 0.2) is 0 Å². The van der Waals surface area contributed by atoms with Crippen LogP contribution in [0.3, 0.4) is 0 Å². The highest BCUT2D eigenvalue weighted by molar-refractivity contribution is 5.93. The quantitative estimate of drug-likeness (QED) is 0.622. The number of rotatable bonds is 8. The van der Waals surface area contributed by atoms with E-state index in [2.05, 4.69) is 10.6 Å². The fraction of sp³-hybridized carbons (Fsp3) is 0.571. The largest absolute Gasteiger partial charge is 0.350 e. The predicted molar refractivity (Wildman–Crippen MR) is 108 cm³/mol. The number of nitrogens with zero attached hydrogens (tertiary/aromatic N) is 1. The molecule has 0 aliphatic carbocycles. The van der Waals surface area contributed by atoms with Crippen molar-refractivity contribution in [2.75, 3.05) is 6.54 Å². The molecular formula is C21H32N4O3. The molecular weight excluding hydrogens is 356 g/mol. The van der Waals surface area contributed by atoms with Gasteiger partial charge in [0.2, 0.25) is 17.7 Å². The highest BCUT2D eigenvalue weighted by atomic mass is 16.2. The zero-order valence-corrected chi connectivity index (χ0v) is 17.0. The van der Waals surface area contributed by atoms with Crippen LogP contribution in [0.4, 0.5) is 0 Å². The van der Waals surface area contributed by atoms with Gasteiger partial charge in [-0.3, -0.25) is 14.4 Å². The molecule has 1 fully saturated rings. The van der Waals surface area contributed by atoms with Gasteiger partial charge in [-0.1, -0.05) is 51.1 Å². The molecule has 1 heterocycles. The topological polar surface area (TPSA) is 105 Å². The standard InChI is InChI=1S/C21H32N4O3/c1-4-16(22)19(26)24-18(14(2)3)21(28)25-12-8-11-17(25)20(27)23-13-15-9-6-5-7-10-15/h5-7,9-10,14,16-18H,4,8,11-13,22H2,1-3H3,(H,23,27)(H,24,26). The molecule has 1 aliphatic heterocycles. The molecule has 0 saturated carbocycles. The Morgan fingerprint density at radius 1 is 1.21 bits per heavy atom. The first-order valence-corrected chi connectivity index (χ1v) is 10.0. The van der Waals surface area contributed by atoms with Crippen molar-refractivity contribution >= 4 is 17.7 Å². The van der Waals surface area contributed by atoms with E-state index in [1.54, 1.807) is 4.90 Å². The molecule has 3 unspecified atom stereocenters. The van der Waals surface area contributed by atoms with Crippen LogP contribution < -0.4 is 16.4 Å². The summed E-state index contributed by atoms with van der Waals surface area (Å²) in [7, 11) is 0. The van der Waals surface area contributed by atoms with Crippen LogP contribution in [0.2, 0.25) is 0 Å². The molecule has 1 saturated heterocycles. The lowest BCUT2D eigenvalue weighted by Gasteiger charge is -2.31. The van der Waals surface area contributed by atoms with Crippen LogP contribution >= 0.6 is 0 Å².